The second-order valence-electron chi connectivity index (χ2n) is 8.64. The van der Waals surface area contributed by atoms with Gasteiger partial charge in [0.25, 0.3) is 0 Å². The van der Waals surface area contributed by atoms with Crippen molar-refractivity contribution in [2.24, 2.45) is 0 Å². The van der Waals surface area contributed by atoms with Gasteiger partial charge < -0.3 is 20.1 Å². The van der Waals surface area contributed by atoms with Crippen molar-refractivity contribution < 1.29 is 18.3 Å². The Labute approximate surface area is 189 Å². The molecule has 0 atom stereocenters. The molecule has 172 valence electrons. The van der Waals surface area contributed by atoms with Crippen LogP contribution < -0.4 is 10.6 Å². The Morgan fingerprint density at radius 1 is 0.625 bits per heavy atom. The van der Waals surface area contributed by atoms with Crippen molar-refractivity contribution in [3.05, 3.63) is 83.4 Å². The topological polar surface area (TPSA) is 42.5 Å². The lowest BCUT2D eigenvalue weighted by atomic mass is 9.82. The largest absolute Gasteiger partial charge is 0.381 e. The molecule has 2 fully saturated rings. The molecule has 0 aliphatic carbocycles. The molecule has 0 radical (unpaired) electrons. The van der Waals surface area contributed by atoms with Crippen molar-refractivity contribution in [2.75, 3.05) is 39.5 Å². The molecule has 0 aromatic heterocycles. The second kappa shape index (κ2) is 10.7. The molecule has 0 spiro atoms. The zero-order valence-corrected chi connectivity index (χ0v) is 18.4. The zero-order chi connectivity index (χ0) is 22.3. The maximum absolute atomic E-state index is 13.4. The van der Waals surface area contributed by atoms with Crippen LogP contribution in [0.4, 0.5) is 8.78 Å². The minimum atomic E-state index is -0.217. The van der Waals surface area contributed by atoms with Gasteiger partial charge in [-0.25, -0.2) is 8.78 Å². The van der Waals surface area contributed by atoms with E-state index in [0.717, 1.165) is 36.8 Å². The van der Waals surface area contributed by atoms with Crippen LogP contribution in [-0.2, 0) is 20.6 Å². The first-order valence-corrected chi connectivity index (χ1v) is 11.4. The van der Waals surface area contributed by atoms with Gasteiger partial charge in [0.2, 0.25) is 0 Å². The molecule has 6 heteroatoms. The summed E-state index contributed by atoms with van der Waals surface area (Å²) in [4.78, 5) is 0. The van der Waals surface area contributed by atoms with Crippen LogP contribution in [0, 0.1) is 11.6 Å². The van der Waals surface area contributed by atoms with Gasteiger partial charge in [0, 0.05) is 50.6 Å². The number of halogens is 2. The van der Waals surface area contributed by atoms with Gasteiger partial charge in [-0.15, -0.1) is 0 Å². The van der Waals surface area contributed by atoms with Gasteiger partial charge in [0.1, 0.15) is 11.6 Å². The standard InChI is InChI=1S/C26H32F2N2O2/c27-23-7-3-21(4-8-23)25(11-17-31-18-12-25)29-15-1-2-16-30-26(13-19-32-20-14-26)22-5-9-24(28)10-6-22/h1-10,29-30H,11-20H2/b2-1+. The average molecular weight is 443 g/mol. The molecule has 2 heterocycles. The smallest absolute Gasteiger partial charge is 0.123 e. The lowest BCUT2D eigenvalue weighted by Crippen LogP contribution is -2.47. The summed E-state index contributed by atoms with van der Waals surface area (Å²) in [5.41, 5.74) is 1.82. The fourth-order valence-corrected chi connectivity index (χ4v) is 4.79. The van der Waals surface area contributed by atoms with E-state index in [0.29, 0.717) is 39.5 Å². The number of benzene rings is 2. The van der Waals surface area contributed by atoms with Crippen LogP contribution in [-0.4, -0.2) is 39.5 Å². The lowest BCUT2D eigenvalue weighted by molar-refractivity contribution is 0.0375. The molecular formula is C26H32F2N2O2. The molecule has 2 saturated heterocycles. The number of ether oxygens (including phenoxy) is 2. The first kappa shape index (κ1) is 23.1. The Morgan fingerprint density at radius 3 is 1.31 bits per heavy atom. The summed E-state index contributed by atoms with van der Waals surface area (Å²) in [5, 5.41) is 7.36. The van der Waals surface area contributed by atoms with Crippen LogP contribution in [0.3, 0.4) is 0 Å². The summed E-state index contributed by atoms with van der Waals surface area (Å²) in [6.07, 6.45) is 7.70. The minimum Gasteiger partial charge on any atom is -0.381 e. The third-order valence-electron chi connectivity index (χ3n) is 6.77. The second-order valence-corrected chi connectivity index (χ2v) is 8.64. The van der Waals surface area contributed by atoms with Gasteiger partial charge in [-0.05, 0) is 61.1 Å². The van der Waals surface area contributed by atoms with Crippen molar-refractivity contribution in [3.63, 3.8) is 0 Å². The van der Waals surface area contributed by atoms with Crippen molar-refractivity contribution in [2.45, 2.75) is 36.8 Å². The maximum atomic E-state index is 13.4. The molecule has 2 aromatic carbocycles. The van der Waals surface area contributed by atoms with E-state index in [1.54, 1.807) is 0 Å². The van der Waals surface area contributed by atoms with Gasteiger partial charge in [-0.1, -0.05) is 36.4 Å². The number of nitrogens with one attached hydrogen (secondary N) is 2. The van der Waals surface area contributed by atoms with Crippen molar-refractivity contribution >= 4 is 0 Å². The third-order valence-corrected chi connectivity index (χ3v) is 6.77. The fourth-order valence-electron chi connectivity index (χ4n) is 4.79. The lowest BCUT2D eigenvalue weighted by Gasteiger charge is -2.39. The van der Waals surface area contributed by atoms with Crippen LogP contribution in [0.5, 0.6) is 0 Å². The molecule has 4 rings (SSSR count). The highest BCUT2D eigenvalue weighted by molar-refractivity contribution is 5.27. The zero-order valence-electron chi connectivity index (χ0n) is 18.4. The van der Waals surface area contributed by atoms with Crippen LogP contribution >= 0.6 is 0 Å². The van der Waals surface area contributed by atoms with Crippen molar-refractivity contribution in [3.8, 4) is 0 Å². The molecular weight excluding hydrogens is 410 g/mol. The van der Waals surface area contributed by atoms with E-state index in [2.05, 4.69) is 22.8 Å². The normalized spacial score (nSPS) is 20.4. The number of hydrogen-bond donors (Lipinski definition) is 2. The summed E-state index contributed by atoms with van der Waals surface area (Å²) in [6.45, 7) is 4.20. The Hall–Kier alpha value is -2.12. The Kier molecular flexibility index (Phi) is 7.68. The highest BCUT2D eigenvalue weighted by atomic mass is 19.1. The van der Waals surface area contributed by atoms with Gasteiger partial charge in [-0.3, -0.25) is 0 Å². The molecule has 0 saturated carbocycles. The van der Waals surface area contributed by atoms with Crippen LogP contribution in [0.2, 0.25) is 0 Å². The molecule has 2 aliphatic heterocycles. The maximum Gasteiger partial charge on any atom is 0.123 e. The summed E-state index contributed by atoms with van der Waals surface area (Å²) >= 11 is 0. The SMILES string of the molecule is Fc1ccc(C2(NC/C=C/CNC3(c4ccc(F)cc4)CCOCC3)CCOCC2)cc1. The molecule has 0 bridgehead atoms. The summed E-state index contributed by atoms with van der Waals surface area (Å²) in [5.74, 6) is -0.435. The van der Waals surface area contributed by atoms with Crippen LogP contribution in [0.1, 0.15) is 36.8 Å². The minimum absolute atomic E-state index is 0.195. The van der Waals surface area contributed by atoms with E-state index >= 15 is 0 Å². The first-order chi connectivity index (χ1) is 15.6. The van der Waals surface area contributed by atoms with Crippen LogP contribution in [0.25, 0.3) is 0 Å². The van der Waals surface area contributed by atoms with Gasteiger partial charge in [0.15, 0.2) is 0 Å². The fraction of sp³-hybridized carbons (Fsp3) is 0.462. The predicted octanol–water partition coefficient (Wildman–Crippen LogP) is 4.41. The molecule has 0 unspecified atom stereocenters. The quantitative estimate of drug-likeness (QED) is 0.595. The molecule has 4 nitrogen and oxygen atoms in total. The van der Waals surface area contributed by atoms with Crippen molar-refractivity contribution in [1.29, 1.82) is 0 Å². The Balaban J connectivity index is 1.35. The third kappa shape index (κ3) is 5.44. The van der Waals surface area contributed by atoms with Crippen molar-refractivity contribution in [1.82, 2.24) is 10.6 Å². The Morgan fingerprint density at radius 2 is 0.969 bits per heavy atom. The van der Waals surface area contributed by atoms with Gasteiger partial charge in [0.05, 0.1) is 0 Å². The van der Waals surface area contributed by atoms with Gasteiger partial charge in [-0.2, -0.15) is 0 Å². The monoisotopic (exact) mass is 442 g/mol. The highest BCUT2D eigenvalue weighted by Crippen LogP contribution is 2.33. The van der Waals surface area contributed by atoms with E-state index in [9.17, 15) is 8.78 Å². The first-order valence-electron chi connectivity index (χ1n) is 11.4. The van der Waals surface area contributed by atoms with E-state index in [1.807, 2.05) is 24.3 Å². The summed E-state index contributed by atoms with van der Waals surface area (Å²) < 4.78 is 37.9. The molecule has 2 aromatic rings. The van der Waals surface area contributed by atoms with E-state index in [-0.39, 0.29) is 22.7 Å². The summed E-state index contributed by atoms with van der Waals surface area (Å²) in [7, 11) is 0. The van der Waals surface area contributed by atoms with E-state index in [4.69, 9.17) is 9.47 Å². The van der Waals surface area contributed by atoms with Gasteiger partial charge >= 0.3 is 0 Å². The number of hydrogen-bond acceptors (Lipinski definition) is 4. The average Bonchev–Trinajstić information content (AvgIpc) is 2.83. The molecule has 2 aliphatic rings. The molecule has 0 amide bonds. The predicted molar refractivity (Wildman–Crippen MR) is 121 cm³/mol. The summed E-state index contributed by atoms with van der Waals surface area (Å²) in [6, 6.07) is 13.6. The molecule has 32 heavy (non-hydrogen) atoms. The number of rotatable bonds is 8. The van der Waals surface area contributed by atoms with Crippen LogP contribution in [0.15, 0.2) is 60.7 Å². The Bertz CT molecular complexity index is 798. The molecule has 2 N–H and O–H groups in total. The van der Waals surface area contributed by atoms with E-state index < -0.39 is 0 Å². The highest BCUT2D eigenvalue weighted by Gasteiger charge is 2.34. The van der Waals surface area contributed by atoms with E-state index in [1.165, 1.54) is 24.3 Å².